The number of piperidine rings is 1. The summed E-state index contributed by atoms with van der Waals surface area (Å²) in [6.07, 6.45) is 2.70. The van der Waals surface area contributed by atoms with Crippen LogP contribution >= 0.6 is 0 Å². The number of H-pyrrole nitrogens is 1. The molecule has 1 fully saturated rings. The zero-order valence-corrected chi connectivity index (χ0v) is 11.1. The van der Waals surface area contributed by atoms with E-state index in [-0.39, 0.29) is 11.7 Å². The van der Waals surface area contributed by atoms with Crippen molar-refractivity contribution in [2.45, 2.75) is 18.9 Å². The topological polar surface area (TPSA) is 66.9 Å². The lowest BCUT2D eigenvalue weighted by Gasteiger charge is -2.25. The lowest BCUT2D eigenvalue weighted by atomic mass is 10.1. The predicted octanol–water partition coefficient (Wildman–Crippen LogP) is 1.58. The molecule has 3 rings (SSSR count). The molecule has 0 amide bonds. The molecule has 5 heteroatoms. The Kier molecular flexibility index (Phi) is 3.52. The molecule has 0 radical (unpaired) electrons. The highest BCUT2D eigenvalue weighted by Gasteiger charge is 2.23. The van der Waals surface area contributed by atoms with Crippen molar-refractivity contribution in [1.29, 1.82) is 0 Å². The van der Waals surface area contributed by atoms with Crippen molar-refractivity contribution < 1.29 is 4.79 Å². The van der Waals surface area contributed by atoms with E-state index in [9.17, 15) is 9.59 Å². The maximum atomic E-state index is 12.2. The highest BCUT2D eigenvalue weighted by atomic mass is 16.1. The van der Waals surface area contributed by atoms with Crippen LogP contribution in [-0.4, -0.2) is 28.9 Å². The molecular formula is C15H17N3O2. The molecule has 0 saturated carbocycles. The fourth-order valence-electron chi connectivity index (χ4n) is 2.84. The molecule has 1 aromatic heterocycles. The summed E-state index contributed by atoms with van der Waals surface area (Å²) in [5, 5.41) is 3.30. The molecule has 0 spiro atoms. The molecule has 1 aliphatic heterocycles. The molecule has 0 aliphatic carbocycles. The Hall–Kier alpha value is -2.14. The molecule has 20 heavy (non-hydrogen) atoms. The van der Waals surface area contributed by atoms with E-state index < -0.39 is 0 Å². The van der Waals surface area contributed by atoms with Crippen LogP contribution in [0.3, 0.4) is 0 Å². The van der Waals surface area contributed by atoms with Crippen LogP contribution in [0.15, 0.2) is 35.1 Å². The van der Waals surface area contributed by atoms with Gasteiger partial charge in [0.15, 0.2) is 6.29 Å². The zero-order valence-electron chi connectivity index (χ0n) is 11.1. The van der Waals surface area contributed by atoms with Gasteiger partial charge in [0.2, 0.25) is 0 Å². The van der Waals surface area contributed by atoms with Gasteiger partial charge >= 0.3 is 5.69 Å². The van der Waals surface area contributed by atoms with Gasteiger partial charge in [-0.15, -0.1) is 0 Å². The van der Waals surface area contributed by atoms with E-state index in [1.807, 2.05) is 30.3 Å². The van der Waals surface area contributed by atoms with Crippen molar-refractivity contribution in [3.05, 3.63) is 46.5 Å². The summed E-state index contributed by atoms with van der Waals surface area (Å²) in [6, 6.07) is 9.67. The number of aldehydes is 1. The first-order valence-electron chi connectivity index (χ1n) is 6.87. The second-order valence-corrected chi connectivity index (χ2v) is 5.05. The van der Waals surface area contributed by atoms with Gasteiger partial charge in [0.1, 0.15) is 5.69 Å². The number of nitrogens with one attached hydrogen (secondary N) is 2. The average molecular weight is 271 g/mol. The molecule has 2 aromatic rings. The summed E-state index contributed by atoms with van der Waals surface area (Å²) in [6.45, 7) is 1.74. The molecule has 1 aliphatic rings. The minimum Gasteiger partial charge on any atom is -0.315 e. The number of aromatic nitrogens is 2. The molecular weight excluding hydrogens is 254 g/mol. The standard InChI is InChI=1S/C15H17N3O2/c19-10-13-14(11-5-2-1-3-6-11)18(15(20)17-13)12-7-4-8-16-9-12/h1-3,5-6,10,12,16H,4,7-9H2,(H,17,20). The monoisotopic (exact) mass is 271 g/mol. The molecule has 1 unspecified atom stereocenters. The van der Waals surface area contributed by atoms with Gasteiger partial charge in [-0.1, -0.05) is 30.3 Å². The second kappa shape index (κ2) is 5.46. The summed E-state index contributed by atoms with van der Waals surface area (Å²) in [5.74, 6) is 0. The average Bonchev–Trinajstić information content (AvgIpc) is 2.85. The Morgan fingerprint density at radius 1 is 1.25 bits per heavy atom. The fraction of sp³-hybridized carbons (Fsp3) is 0.333. The van der Waals surface area contributed by atoms with Crippen LogP contribution in [-0.2, 0) is 0 Å². The van der Waals surface area contributed by atoms with E-state index in [0.29, 0.717) is 11.4 Å². The van der Waals surface area contributed by atoms with E-state index >= 15 is 0 Å². The van der Waals surface area contributed by atoms with Crippen molar-refractivity contribution in [2.75, 3.05) is 13.1 Å². The molecule has 2 heterocycles. The number of hydrogen-bond acceptors (Lipinski definition) is 3. The minimum atomic E-state index is -0.209. The quantitative estimate of drug-likeness (QED) is 0.833. The summed E-state index contributed by atoms with van der Waals surface area (Å²) in [7, 11) is 0. The van der Waals surface area contributed by atoms with Gasteiger partial charge in [0, 0.05) is 12.1 Å². The molecule has 1 saturated heterocycles. The normalized spacial score (nSPS) is 18.9. The predicted molar refractivity (Wildman–Crippen MR) is 77.0 cm³/mol. The van der Waals surface area contributed by atoms with Crippen LogP contribution in [0.25, 0.3) is 11.3 Å². The molecule has 1 atom stereocenters. The van der Waals surface area contributed by atoms with Crippen LogP contribution in [0.4, 0.5) is 0 Å². The smallest absolute Gasteiger partial charge is 0.315 e. The molecule has 104 valence electrons. The number of benzene rings is 1. The Bertz CT molecular complexity index is 652. The van der Waals surface area contributed by atoms with Crippen LogP contribution in [0.1, 0.15) is 29.4 Å². The third-order valence-electron chi connectivity index (χ3n) is 3.76. The first-order valence-corrected chi connectivity index (χ1v) is 6.87. The van der Waals surface area contributed by atoms with E-state index in [1.54, 1.807) is 4.57 Å². The summed E-state index contributed by atoms with van der Waals surface area (Å²) < 4.78 is 1.73. The summed E-state index contributed by atoms with van der Waals surface area (Å²) in [4.78, 5) is 26.1. The van der Waals surface area contributed by atoms with Gasteiger partial charge in [0.05, 0.1) is 11.7 Å². The van der Waals surface area contributed by atoms with Gasteiger partial charge in [-0.3, -0.25) is 9.36 Å². The fourth-order valence-corrected chi connectivity index (χ4v) is 2.84. The highest BCUT2D eigenvalue weighted by Crippen LogP contribution is 2.26. The number of hydrogen-bond donors (Lipinski definition) is 2. The Morgan fingerprint density at radius 2 is 2.05 bits per heavy atom. The number of aromatic amines is 1. The Balaban J connectivity index is 2.15. The number of nitrogens with zero attached hydrogens (tertiary/aromatic N) is 1. The van der Waals surface area contributed by atoms with Crippen molar-refractivity contribution >= 4 is 6.29 Å². The maximum absolute atomic E-state index is 12.2. The molecule has 2 N–H and O–H groups in total. The van der Waals surface area contributed by atoms with Gasteiger partial charge in [-0.05, 0) is 19.4 Å². The molecule has 0 bridgehead atoms. The number of rotatable bonds is 3. The first-order chi connectivity index (χ1) is 9.81. The number of imidazole rings is 1. The van der Waals surface area contributed by atoms with E-state index in [2.05, 4.69) is 10.3 Å². The molecule has 5 nitrogen and oxygen atoms in total. The number of carbonyl (C=O) groups is 1. The second-order valence-electron chi connectivity index (χ2n) is 5.05. The lowest BCUT2D eigenvalue weighted by Crippen LogP contribution is -2.36. The minimum absolute atomic E-state index is 0.0939. The first kappa shape index (κ1) is 12.9. The van der Waals surface area contributed by atoms with Crippen molar-refractivity contribution in [3.8, 4) is 11.3 Å². The van der Waals surface area contributed by atoms with Crippen LogP contribution < -0.4 is 11.0 Å². The largest absolute Gasteiger partial charge is 0.326 e. The van der Waals surface area contributed by atoms with Gasteiger partial charge in [0.25, 0.3) is 0 Å². The van der Waals surface area contributed by atoms with Gasteiger partial charge in [-0.25, -0.2) is 4.79 Å². The Morgan fingerprint density at radius 3 is 2.70 bits per heavy atom. The van der Waals surface area contributed by atoms with Crippen LogP contribution in [0.2, 0.25) is 0 Å². The van der Waals surface area contributed by atoms with Crippen LogP contribution in [0, 0.1) is 0 Å². The van der Waals surface area contributed by atoms with Crippen molar-refractivity contribution in [3.63, 3.8) is 0 Å². The van der Waals surface area contributed by atoms with Crippen molar-refractivity contribution in [1.82, 2.24) is 14.9 Å². The highest BCUT2D eigenvalue weighted by molar-refractivity contribution is 5.83. The maximum Gasteiger partial charge on any atom is 0.326 e. The van der Waals surface area contributed by atoms with Crippen LogP contribution in [0.5, 0.6) is 0 Å². The SMILES string of the molecule is O=Cc1[nH]c(=O)n(C2CCCNC2)c1-c1ccccc1. The third-order valence-corrected chi connectivity index (χ3v) is 3.76. The zero-order chi connectivity index (χ0) is 13.9. The summed E-state index contributed by atoms with van der Waals surface area (Å²) >= 11 is 0. The van der Waals surface area contributed by atoms with E-state index in [1.165, 1.54) is 0 Å². The third kappa shape index (κ3) is 2.20. The van der Waals surface area contributed by atoms with E-state index in [0.717, 1.165) is 37.8 Å². The summed E-state index contributed by atoms with van der Waals surface area (Å²) in [5.41, 5.74) is 1.73. The van der Waals surface area contributed by atoms with Gasteiger partial charge < -0.3 is 10.3 Å². The van der Waals surface area contributed by atoms with Gasteiger partial charge in [-0.2, -0.15) is 0 Å². The number of carbonyl (C=O) groups excluding carboxylic acids is 1. The molecule has 1 aromatic carbocycles. The Labute approximate surface area is 116 Å². The van der Waals surface area contributed by atoms with E-state index in [4.69, 9.17) is 0 Å². The van der Waals surface area contributed by atoms with Crippen molar-refractivity contribution in [2.24, 2.45) is 0 Å². The lowest BCUT2D eigenvalue weighted by molar-refractivity contribution is 0.112.